The van der Waals surface area contributed by atoms with E-state index in [1.807, 2.05) is 30.3 Å². The van der Waals surface area contributed by atoms with Gasteiger partial charge in [-0.25, -0.2) is 0 Å². The molecule has 0 saturated carbocycles. The monoisotopic (exact) mass is 287 g/mol. The third-order valence-corrected chi connectivity index (χ3v) is 3.37. The highest BCUT2D eigenvalue weighted by Crippen LogP contribution is 2.19. The number of carbonyl (C=O) groups is 1. The Balaban J connectivity index is 1.96. The Morgan fingerprint density at radius 2 is 2.10 bits per heavy atom. The maximum absolute atomic E-state index is 12.0. The van der Waals surface area contributed by atoms with Gasteiger partial charge in [-0.15, -0.1) is 0 Å². The van der Waals surface area contributed by atoms with Crippen LogP contribution in [-0.4, -0.2) is 27.8 Å². The number of aliphatic hydroxyl groups is 1. The largest absolute Gasteiger partial charge is 0.384 e. The lowest BCUT2D eigenvalue weighted by Gasteiger charge is -2.23. The summed E-state index contributed by atoms with van der Waals surface area (Å²) in [4.78, 5) is 12.0. The molecule has 0 radical (unpaired) electrons. The number of aromatic amines is 1. The zero-order valence-electron chi connectivity index (χ0n) is 12.4. The number of hydrogen-bond acceptors (Lipinski definition) is 3. The molecule has 1 aromatic carbocycles. The van der Waals surface area contributed by atoms with E-state index in [-0.39, 0.29) is 12.5 Å². The van der Waals surface area contributed by atoms with Crippen LogP contribution in [0.15, 0.2) is 36.4 Å². The Morgan fingerprint density at radius 1 is 1.38 bits per heavy atom. The maximum atomic E-state index is 12.0. The Labute approximate surface area is 124 Å². The minimum absolute atomic E-state index is 0.131. The van der Waals surface area contributed by atoms with Crippen molar-refractivity contribution in [1.29, 1.82) is 0 Å². The number of rotatable bonds is 6. The van der Waals surface area contributed by atoms with Crippen LogP contribution in [0.2, 0.25) is 0 Å². The predicted octanol–water partition coefficient (Wildman–Crippen LogP) is 2.00. The van der Waals surface area contributed by atoms with Crippen molar-refractivity contribution in [3.63, 3.8) is 0 Å². The first kappa shape index (κ1) is 15.3. The molecule has 21 heavy (non-hydrogen) atoms. The molecule has 0 bridgehead atoms. The van der Waals surface area contributed by atoms with Gasteiger partial charge in [0.25, 0.3) is 5.91 Å². The SMILES string of the molecule is CCCc1cc(C(=O)NCC(C)(O)c2ccccc2)n[nH]1. The fourth-order valence-electron chi connectivity index (χ4n) is 2.12. The summed E-state index contributed by atoms with van der Waals surface area (Å²) in [6.07, 6.45) is 1.86. The number of nitrogens with zero attached hydrogens (tertiary/aromatic N) is 1. The standard InChI is InChI=1S/C16H21N3O2/c1-3-7-13-10-14(19-18-13)15(20)17-11-16(2,21)12-8-5-4-6-9-12/h4-6,8-10,21H,3,7,11H2,1-2H3,(H,17,20)(H,18,19). The van der Waals surface area contributed by atoms with Crippen molar-refractivity contribution in [1.82, 2.24) is 15.5 Å². The van der Waals surface area contributed by atoms with E-state index in [0.717, 1.165) is 24.1 Å². The lowest BCUT2D eigenvalue weighted by Crippen LogP contribution is -2.38. The topological polar surface area (TPSA) is 78.0 Å². The zero-order valence-corrected chi connectivity index (χ0v) is 12.4. The Bertz CT molecular complexity index is 591. The number of nitrogens with one attached hydrogen (secondary N) is 2. The molecular formula is C16H21N3O2. The molecule has 2 aromatic rings. The van der Waals surface area contributed by atoms with Crippen LogP contribution in [0.5, 0.6) is 0 Å². The number of aromatic nitrogens is 2. The highest BCUT2D eigenvalue weighted by atomic mass is 16.3. The van der Waals surface area contributed by atoms with Crippen molar-refractivity contribution in [2.75, 3.05) is 6.54 Å². The van der Waals surface area contributed by atoms with Gasteiger partial charge in [0.1, 0.15) is 11.3 Å². The zero-order chi connectivity index (χ0) is 15.3. The minimum atomic E-state index is -1.11. The average molecular weight is 287 g/mol. The highest BCUT2D eigenvalue weighted by molar-refractivity contribution is 5.92. The van der Waals surface area contributed by atoms with Crippen molar-refractivity contribution >= 4 is 5.91 Å². The summed E-state index contributed by atoms with van der Waals surface area (Å²) in [7, 11) is 0. The van der Waals surface area contributed by atoms with Crippen LogP contribution in [0.3, 0.4) is 0 Å². The van der Waals surface area contributed by atoms with Crippen LogP contribution in [0.4, 0.5) is 0 Å². The van der Waals surface area contributed by atoms with E-state index in [1.165, 1.54) is 0 Å². The molecule has 5 heteroatoms. The summed E-state index contributed by atoms with van der Waals surface area (Å²) in [5, 5.41) is 20.0. The van der Waals surface area contributed by atoms with Crippen LogP contribution >= 0.6 is 0 Å². The van der Waals surface area contributed by atoms with Crippen molar-refractivity contribution in [2.45, 2.75) is 32.3 Å². The fourth-order valence-corrected chi connectivity index (χ4v) is 2.12. The molecule has 3 N–H and O–H groups in total. The maximum Gasteiger partial charge on any atom is 0.271 e. The molecular weight excluding hydrogens is 266 g/mol. The fraction of sp³-hybridized carbons (Fsp3) is 0.375. The highest BCUT2D eigenvalue weighted by Gasteiger charge is 2.24. The molecule has 1 aromatic heterocycles. The first-order chi connectivity index (χ1) is 10.0. The van der Waals surface area contributed by atoms with Crippen LogP contribution in [0, 0.1) is 0 Å². The summed E-state index contributed by atoms with van der Waals surface area (Å²) >= 11 is 0. The molecule has 112 valence electrons. The summed E-state index contributed by atoms with van der Waals surface area (Å²) in [5.41, 5.74) is 0.943. The second-order valence-corrected chi connectivity index (χ2v) is 5.35. The Kier molecular flexibility index (Phi) is 4.75. The van der Waals surface area contributed by atoms with Gasteiger partial charge in [-0.05, 0) is 25.0 Å². The van der Waals surface area contributed by atoms with Crippen LogP contribution in [0.1, 0.15) is 42.0 Å². The average Bonchev–Trinajstić information content (AvgIpc) is 2.95. The van der Waals surface area contributed by atoms with E-state index in [1.54, 1.807) is 13.0 Å². The molecule has 1 unspecified atom stereocenters. The van der Waals surface area contributed by atoms with Crippen molar-refractivity contribution in [2.24, 2.45) is 0 Å². The lowest BCUT2D eigenvalue weighted by atomic mass is 9.96. The van der Waals surface area contributed by atoms with Gasteiger partial charge in [-0.2, -0.15) is 5.10 Å². The summed E-state index contributed by atoms with van der Waals surface area (Å²) in [6, 6.07) is 11.0. The summed E-state index contributed by atoms with van der Waals surface area (Å²) in [6.45, 7) is 3.87. The summed E-state index contributed by atoms with van der Waals surface area (Å²) < 4.78 is 0. The Morgan fingerprint density at radius 3 is 2.76 bits per heavy atom. The van der Waals surface area contributed by atoms with E-state index < -0.39 is 5.60 Å². The van der Waals surface area contributed by atoms with Gasteiger partial charge in [0, 0.05) is 5.69 Å². The van der Waals surface area contributed by atoms with Crippen LogP contribution < -0.4 is 5.32 Å². The van der Waals surface area contributed by atoms with Gasteiger partial charge in [0.2, 0.25) is 0 Å². The molecule has 0 aliphatic carbocycles. The molecule has 1 amide bonds. The van der Waals surface area contributed by atoms with Gasteiger partial charge in [-0.1, -0.05) is 43.7 Å². The quantitative estimate of drug-likeness (QED) is 0.760. The third-order valence-electron chi connectivity index (χ3n) is 3.37. The predicted molar refractivity (Wildman–Crippen MR) is 80.9 cm³/mol. The van der Waals surface area contributed by atoms with Crippen LogP contribution in [-0.2, 0) is 12.0 Å². The minimum Gasteiger partial charge on any atom is -0.384 e. The lowest BCUT2D eigenvalue weighted by molar-refractivity contribution is 0.0525. The van der Waals surface area contributed by atoms with Gasteiger partial charge in [-0.3, -0.25) is 9.89 Å². The van der Waals surface area contributed by atoms with Gasteiger partial charge in [0.05, 0.1) is 6.54 Å². The number of carbonyl (C=O) groups excluding carboxylic acids is 1. The molecule has 0 spiro atoms. The van der Waals surface area contributed by atoms with Gasteiger partial charge < -0.3 is 10.4 Å². The number of hydrogen-bond donors (Lipinski definition) is 3. The number of amides is 1. The Hall–Kier alpha value is -2.14. The molecule has 0 saturated heterocycles. The molecule has 1 heterocycles. The second kappa shape index (κ2) is 6.54. The van der Waals surface area contributed by atoms with E-state index in [9.17, 15) is 9.90 Å². The van der Waals surface area contributed by atoms with Crippen LogP contribution in [0.25, 0.3) is 0 Å². The number of aryl methyl sites for hydroxylation is 1. The third kappa shape index (κ3) is 3.92. The molecule has 0 aliphatic heterocycles. The molecule has 0 aliphatic rings. The van der Waals surface area contributed by atoms with Gasteiger partial charge >= 0.3 is 0 Å². The summed E-state index contributed by atoms with van der Waals surface area (Å²) in [5.74, 6) is -0.287. The molecule has 2 rings (SSSR count). The van der Waals surface area contributed by atoms with E-state index in [2.05, 4.69) is 22.4 Å². The van der Waals surface area contributed by atoms with Gasteiger partial charge in [0.15, 0.2) is 0 Å². The van der Waals surface area contributed by atoms with Crippen molar-refractivity contribution < 1.29 is 9.90 Å². The first-order valence-electron chi connectivity index (χ1n) is 7.13. The smallest absolute Gasteiger partial charge is 0.271 e. The second-order valence-electron chi connectivity index (χ2n) is 5.35. The van der Waals surface area contributed by atoms with E-state index >= 15 is 0 Å². The number of H-pyrrole nitrogens is 1. The number of benzene rings is 1. The van der Waals surface area contributed by atoms with E-state index in [4.69, 9.17) is 0 Å². The van der Waals surface area contributed by atoms with Crippen molar-refractivity contribution in [3.8, 4) is 0 Å². The van der Waals surface area contributed by atoms with Crippen molar-refractivity contribution in [3.05, 3.63) is 53.3 Å². The first-order valence-corrected chi connectivity index (χ1v) is 7.13. The molecule has 5 nitrogen and oxygen atoms in total. The van der Waals surface area contributed by atoms with E-state index in [0.29, 0.717) is 5.69 Å². The normalized spacial score (nSPS) is 13.7. The molecule has 0 fully saturated rings. The molecule has 1 atom stereocenters.